The molecule has 9 nitrogen and oxygen atoms in total. The van der Waals surface area contributed by atoms with Gasteiger partial charge in [-0.3, -0.25) is 9.48 Å². The number of thiophene rings is 1. The van der Waals surface area contributed by atoms with Gasteiger partial charge in [-0.05, 0) is 35.7 Å². The van der Waals surface area contributed by atoms with Gasteiger partial charge in [-0.15, -0.1) is 0 Å². The van der Waals surface area contributed by atoms with Crippen LogP contribution in [0.25, 0.3) is 17.0 Å². The quantitative estimate of drug-likeness (QED) is 0.267. The standard InChI is InChI=1S/C27H35B3N4O5S/c1-16(25(37)34(27(28,29)30)26(2,14-35)15-36)20-12-39-23-11-22(38-5)18(21-6-8-32(3)31-21)10-19(23)24(20)33(4)17-7-9-40-13-17/h6-11,13,35-36H,1,12,14-15,28-30H2,2-5H3. The van der Waals surface area contributed by atoms with Gasteiger partial charge >= 0.3 is 0 Å². The Balaban J connectivity index is 1.94. The molecule has 208 valence electrons. The Hall–Kier alpha value is -3.41. The summed E-state index contributed by atoms with van der Waals surface area (Å²) in [5.41, 5.74) is 3.62. The number of aromatic nitrogens is 2. The predicted molar refractivity (Wildman–Crippen MR) is 167 cm³/mol. The highest BCUT2D eigenvalue weighted by atomic mass is 32.1. The van der Waals surface area contributed by atoms with E-state index in [-0.39, 0.29) is 12.2 Å². The van der Waals surface area contributed by atoms with Gasteiger partial charge in [-0.1, -0.05) is 6.58 Å². The number of rotatable bonds is 10. The lowest BCUT2D eigenvalue weighted by Gasteiger charge is -2.48. The van der Waals surface area contributed by atoms with Crippen molar-refractivity contribution in [1.82, 2.24) is 14.7 Å². The second-order valence-electron chi connectivity index (χ2n) is 11.2. The van der Waals surface area contributed by atoms with Crippen LogP contribution < -0.4 is 14.4 Å². The molecule has 0 aliphatic carbocycles. The second-order valence-corrected chi connectivity index (χ2v) is 12.0. The molecule has 1 aliphatic heterocycles. The molecule has 0 unspecified atom stereocenters. The SMILES string of the molecule is BC(B)(B)N(C(=O)C(=C)C1=C(N(C)c2ccsc2)c2cc(-c3ccn(C)n3)c(OC)cc2OC1)C(C)(CO)CO. The van der Waals surface area contributed by atoms with E-state index in [1.165, 1.54) is 4.90 Å². The van der Waals surface area contributed by atoms with E-state index >= 15 is 0 Å². The van der Waals surface area contributed by atoms with Crippen molar-refractivity contribution in [1.29, 1.82) is 0 Å². The third-order valence-electron chi connectivity index (χ3n) is 7.15. The summed E-state index contributed by atoms with van der Waals surface area (Å²) in [5.74, 6) is 0.838. The highest BCUT2D eigenvalue weighted by Gasteiger charge is 2.43. The summed E-state index contributed by atoms with van der Waals surface area (Å²) in [4.78, 5) is 17.7. The van der Waals surface area contributed by atoms with Gasteiger partial charge in [0.2, 0.25) is 0 Å². The maximum atomic E-state index is 14.2. The zero-order chi connectivity index (χ0) is 29.4. The molecule has 0 spiro atoms. The minimum atomic E-state index is -1.20. The molecular formula is C27H35B3N4O5S. The first-order valence-electron chi connectivity index (χ1n) is 13.0. The van der Waals surface area contributed by atoms with Crippen molar-refractivity contribution in [3.05, 3.63) is 64.5 Å². The van der Waals surface area contributed by atoms with Crippen LogP contribution in [0.5, 0.6) is 11.5 Å². The number of benzene rings is 1. The molecule has 3 heterocycles. The molecular weight excluding hydrogens is 525 g/mol. The minimum absolute atomic E-state index is 0.0976. The molecule has 1 aliphatic rings. The Bertz CT molecular complexity index is 1440. The number of aliphatic hydroxyl groups is 2. The fourth-order valence-electron chi connectivity index (χ4n) is 5.18. The number of aryl methyl sites for hydroxylation is 1. The number of carbonyl (C=O) groups is 1. The molecule has 0 radical (unpaired) electrons. The Labute approximate surface area is 241 Å². The third kappa shape index (κ3) is 5.33. The Morgan fingerprint density at radius 3 is 2.48 bits per heavy atom. The minimum Gasteiger partial charge on any atom is -0.496 e. The molecule has 2 aromatic heterocycles. The zero-order valence-corrected chi connectivity index (χ0v) is 25.0. The molecule has 2 N–H and O–H groups in total. The van der Waals surface area contributed by atoms with Crippen molar-refractivity contribution in [2.75, 3.05) is 38.9 Å². The van der Waals surface area contributed by atoms with Crippen molar-refractivity contribution in [2.45, 2.75) is 17.7 Å². The fourth-order valence-corrected chi connectivity index (χ4v) is 5.85. The first-order valence-corrected chi connectivity index (χ1v) is 13.9. The maximum absolute atomic E-state index is 14.2. The number of fused-ring (bicyclic) bond motifs is 1. The van der Waals surface area contributed by atoms with Crippen molar-refractivity contribution in [2.24, 2.45) is 7.05 Å². The van der Waals surface area contributed by atoms with Gasteiger partial charge < -0.3 is 29.5 Å². The van der Waals surface area contributed by atoms with Crippen LogP contribution in [0.3, 0.4) is 0 Å². The lowest BCUT2D eigenvalue weighted by Crippen LogP contribution is -2.66. The Morgan fingerprint density at radius 1 is 1.25 bits per heavy atom. The molecule has 0 saturated heterocycles. The number of nitrogens with zero attached hydrogens (tertiary/aromatic N) is 4. The van der Waals surface area contributed by atoms with Crippen LogP contribution in [-0.4, -0.2) is 99.1 Å². The van der Waals surface area contributed by atoms with Gasteiger partial charge in [0, 0.05) is 54.0 Å². The maximum Gasteiger partial charge on any atom is 0.252 e. The first-order chi connectivity index (χ1) is 18.9. The summed E-state index contributed by atoms with van der Waals surface area (Å²) in [6.45, 7) is 5.18. The molecule has 40 heavy (non-hydrogen) atoms. The summed E-state index contributed by atoms with van der Waals surface area (Å²) in [6, 6.07) is 7.74. The highest BCUT2D eigenvalue weighted by Crippen LogP contribution is 2.45. The molecule has 3 aromatic rings. The third-order valence-corrected chi connectivity index (χ3v) is 7.82. The van der Waals surface area contributed by atoms with Gasteiger partial charge in [0.15, 0.2) is 0 Å². The van der Waals surface area contributed by atoms with E-state index in [2.05, 4.69) is 11.7 Å². The molecule has 1 amide bonds. The molecule has 1 aromatic carbocycles. The smallest absolute Gasteiger partial charge is 0.252 e. The van der Waals surface area contributed by atoms with Crippen LogP contribution in [0.2, 0.25) is 0 Å². The van der Waals surface area contributed by atoms with E-state index in [9.17, 15) is 15.0 Å². The number of amides is 1. The molecule has 0 saturated carbocycles. The van der Waals surface area contributed by atoms with E-state index < -0.39 is 29.9 Å². The fraction of sp³-hybridized carbons (Fsp3) is 0.333. The van der Waals surface area contributed by atoms with Crippen LogP contribution in [-0.2, 0) is 11.8 Å². The summed E-state index contributed by atoms with van der Waals surface area (Å²) >= 11 is 1.57. The van der Waals surface area contributed by atoms with Crippen LogP contribution in [0.1, 0.15) is 12.5 Å². The monoisotopic (exact) mass is 560 g/mol. The number of aliphatic hydroxyl groups excluding tert-OH is 2. The number of hydrogen-bond donors (Lipinski definition) is 2. The molecule has 0 atom stereocenters. The number of ether oxygens (including phenoxy) is 2. The van der Waals surface area contributed by atoms with Crippen LogP contribution in [0.15, 0.2) is 58.9 Å². The first kappa shape index (κ1) is 29.6. The van der Waals surface area contributed by atoms with E-state index in [1.54, 1.807) is 30.1 Å². The van der Waals surface area contributed by atoms with E-state index in [1.807, 2.05) is 83.8 Å². The normalized spacial score (nSPS) is 13.4. The largest absolute Gasteiger partial charge is 0.496 e. The molecule has 13 heteroatoms. The van der Waals surface area contributed by atoms with Crippen LogP contribution in [0, 0.1) is 0 Å². The average Bonchev–Trinajstić information content (AvgIpc) is 3.62. The predicted octanol–water partition coefficient (Wildman–Crippen LogP) is 0.0358. The zero-order valence-electron chi connectivity index (χ0n) is 24.2. The molecule has 0 fully saturated rings. The van der Waals surface area contributed by atoms with Gasteiger partial charge in [-0.25, -0.2) is 0 Å². The van der Waals surface area contributed by atoms with E-state index in [0.29, 0.717) is 17.1 Å². The Kier molecular flexibility index (Phi) is 8.30. The summed E-state index contributed by atoms with van der Waals surface area (Å²) < 4.78 is 13.7. The van der Waals surface area contributed by atoms with E-state index in [4.69, 9.17) is 9.47 Å². The number of methoxy groups -OCH3 is 1. The lowest BCUT2D eigenvalue weighted by atomic mass is 9.47. The van der Waals surface area contributed by atoms with Crippen LogP contribution >= 0.6 is 11.3 Å². The highest BCUT2D eigenvalue weighted by molar-refractivity contribution is 7.08. The summed E-state index contributed by atoms with van der Waals surface area (Å²) in [6.07, 6.45) is 1.87. The summed E-state index contributed by atoms with van der Waals surface area (Å²) in [5, 5.41) is 28.3. The Morgan fingerprint density at radius 2 is 1.95 bits per heavy atom. The lowest BCUT2D eigenvalue weighted by molar-refractivity contribution is -0.137. The van der Waals surface area contributed by atoms with Crippen molar-refractivity contribution < 1.29 is 24.5 Å². The van der Waals surface area contributed by atoms with Gasteiger partial charge in [0.1, 0.15) is 41.6 Å². The molecule has 4 rings (SSSR count). The van der Waals surface area contributed by atoms with Crippen molar-refractivity contribution in [3.8, 4) is 22.8 Å². The second kappa shape index (κ2) is 11.2. The topological polar surface area (TPSA) is 100 Å². The van der Waals surface area contributed by atoms with E-state index in [0.717, 1.165) is 28.2 Å². The number of hydrogen-bond acceptors (Lipinski definition) is 8. The van der Waals surface area contributed by atoms with Crippen molar-refractivity contribution >= 4 is 52.2 Å². The number of carbonyl (C=O) groups excluding carboxylic acids is 1. The molecule has 0 bridgehead atoms. The van der Waals surface area contributed by atoms with Gasteiger partial charge in [-0.2, -0.15) is 16.4 Å². The van der Waals surface area contributed by atoms with Gasteiger partial charge in [0.25, 0.3) is 5.91 Å². The summed E-state index contributed by atoms with van der Waals surface area (Å²) in [7, 11) is 11.0. The average molecular weight is 560 g/mol. The van der Waals surface area contributed by atoms with Crippen molar-refractivity contribution in [3.63, 3.8) is 0 Å². The number of anilines is 1. The van der Waals surface area contributed by atoms with Gasteiger partial charge in [0.05, 0.1) is 42.9 Å². The van der Waals surface area contributed by atoms with Crippen LogP contribution in [0.4, 0.5) is 5.69 Å².